The Balaban J connectivity index is 0.000000241. The molecule has 2 aliphatic heterocycles. The number of methoxy groups -OCH3 is 2. The number of esters is 1. The summed E-state index contributed by atoms with van der Waals surface area (Å²) in [6, 6.07) is 18.5. The van der Waals surface area contributed by atoms with Gasteiger partial charge in [-0.25, -0.2) is 0 Å². The van der Waals surface area contributed by atoms with Gasteiger partial charge in [-0.3, -0.25) is 19.2 Å². The van der Waals surface area contributed by atoms with Crippen LogP contribution >= 0.6 is 0 Å². The lowest BCUT2D eigenvalue weighted by Crippen LogP contribution is -2.42. The summed E-state index contributed by atoms with van der Waals surface area (Å²) in [5, 5.41) is 9.25. The summed E-state index contributed by atoms with van der Waals surface area (Å²) in [6.45, 7) is 5.32. The number of amides is 2. The molecule has 2 unspecified atom stereocenters. The number of hydrogen-bond acceptors (Lipinski definition) is 7. The summed E-state index contributed by atoms with van der Waals surface area (Å²) in [4.78, 5) is 51.8. The molecule has 2 heterocycles. The maximum atomic E-state index is 12.4. The van der Waals surface area contributed by atoms with Crippen molar-refractivity contribution in [3.8, 4) is 0 Å². The first-order valence-electron chi connectivity index (χ1n) is 15.4. The van der Waals surface area contributed by atoms with Crippen LogP contribution in [0.4, 0.5) is 0 Å². The van der Waals surface area contributed by atoms with Crippen LogP contribution in [-0.2, 0) is 23.8 Å². The Labute approximate surface area is 260 Å². The van der Waals surface area contributed by atoms with Crippen molar-refractivity contribution in [2.24, 2.45) is 23.7 Å². The van der Waals surface area contributed by atoms with Gasteiger partial charge in [-0.1, -0.05) is 36.4 Å². The van der Waals surface area contributed by atoms with Crippen LogP contribution in [0.1, 0.15) is 53.3 Å². The normalized spacial score (nSPS) is 17.2. The van der Waals surface area contributed by atoms with E-state index in [-0.39, 0.29) is 42.1 Å². The van der Waals surface area contributed by atoms with Crippen molar-refractivity contribution < 1.29 is 38.5 Å². The fraction of sp³-hybridized carbons (Fsp3) is 0.529. The summed E-state index contributed by atoms with van der Waals surface area (Å²) >= 11 is 0. The van der Waals surface area contributed by atoms with E-state index in [4.69, 9.17) is 14.2 Å². The average Bonchev–Trinajstić information content (AvgIpc) is 3.06. The molecule has 0 radical (unpaired) electrons. The number of carbonyl (C=O) groups is 4. The molecule has 2 saturated heterocycles. The van der Waals surface area contributed by atoms with Gasteiger partial charge in [0.15, 0.2) is 0 Å². The highest BCUT2D eigenvalue weighted by Gasteiger charge is 2.34. The summed E-state index contributed by atoms with van der Waals surface area (Å²) in [6.07, 6.45) is 3.01. The van der Waals surface area contributed by atoms with Gasteiger partial charge in [0.25, 0.3) is 11.8 Å². The molecule has 0 bridgehead atoms. The van der Waals surface area contributed by atoms with E-state index < -0.39 is 11.9 Å². The van der Waals surface area contributed by atoms with E-state index in [0.717, 1.165) is 12.8 Å². The monoisotopic (exact) mass is 610 g/mol. The zero-order valence-corrected chi connectivity index (χ0v) is 26.1. The van der Waals surface area contributed by atoms with Crippen molar-refractivity contribution in [2.75, 3.05) is 60.2 Å². The lowest BCUT2D eigenvalue weighted by atomic mass is 9.84. The predicted octanol–water partition coefficient (Wildman–Crippen LogP) is 4.25. The summed E-state index contributed by atoms with van der Waals surface area (Å²) in [5.41, 5.74) is 1.40. The van der Waals surface area contributed by atoms with Gasteiger partial charge < -0.3 is 29.1 Å². The fourth-order valence-corrected chi connectivity index (χ4v) is 5.95. The molecule has 1 N–H and O–H groups in total. The van der Waals surface area contributed by atoms with Crippen LogP contribution in [0, 0.1) is 23.7 Å². The Hall–Kier alpha value is -3.76. The third kappa shape index (κ3) is 9.89. The highest BCUT2D eigenvalue weighted by molar-refractivity contribution is 5.94. The number of carboxylic acids is 1. The molecule has 0 aliphatic carbocycles. The van der Waals surface area contributed by atoms with Gasteiger partial charge in [0.1, 0.15) is 0 Å². The highest BCUT2D eigenvalue weighted by atomic mass is 16.5. The Morgan fingerprint density at radius 3 is 1.45 bits per heavy atom. The number of carbonyl (C=O) groups excluding carboxylic acids is 3. The minimum atomic E-state index is -0.815. The first-order chi connectivity index (χ1) is 21.3. The quantitative estimate of drug-likeness (QED) is 0.375. The standard InChI is InChI=1S/C18H25NO4.C16H21NO4/c1-3-23-18(21)16(13-22-2)14-9-11-19(12-10-14)17(20)15-7-5-4-6-8-15;1-21-11-14(16(19)20)12-7-9-17(10-8-12)15(18)13-5-3-2-4-6-13/h4-8,14,16H,3,9-13H2,1-2H3;2-6,12,14H,7-11H2,1H3,(H,19,20). The van der Waals surface area contributed by atoms with Gasteiger partial charge >= 0.3 is 11.9 Å². The lowest BCUT2D eigenvalue weighted by Gasteiger charge is -2.35. The van der Waals surface area contributed by atoms with E-state index in [2.05, 4.69) is 0 Å². The molecule has 2 aliphatic rings. The van der Waals surface area contributed by atoms with E-state index in [1.807, 2.05) is 60.4 Å². The van der Waals surface area contributed by atoms with Gasteiger partial charge in [-0.2, -0.15) is 0 Å². The van der Waals surface area contributed by atoms with E-state index in [0.29, 0.717) is 63.4 Å². The van der Waals surface area contributed by atoms with Gasteiger partial charge in [0.05, 0.1) is 31.7 Å². The zero-order chi connectivity index (χ0) is 31.9. The number of benzene rings is 2. The molecule has 10 heteroatoms. The molecule has 2 atom stereocenters. The van der Waals surface area contributed by atoms with Crippen molar-refractivity contribution >= 4 is 23.8 Å². The molecule has 44 heavy (non-hydrogen) atoms. The first-order valence-corrected chi connectivity index (χ1v) is 15.4. The van der Waals surface area contributed by atoms with E-state index >= 15 is 0 Å². The Bertz CT molecular complexity index is 1180. The predicted molar refractivity (Wildman–Crippen MR) is 165 cm³/mol. The second-order valence-electron chi connectivity index (χ2n) is 11.2. The molecular weight excluding hydrogens is 564 g/mol. The Morgan fingerprint density at radius 1 is 0.705 bits per heavy atom. The van der Waals surface area contributed by atoms with Crippen LogP contribution < -0.4 is 0 Å². The van der Waals surface area contributed by atoms with Crippen LogP contribution in [0.5, 0.6) is 0 Å². The minimum Gasteiger partial charge on any atom is -0.481 e. The SMILES string of the molecule is CCOC(=O)C(COC)C1CCN(C(=O)c2ccccc2)CC1.COCC(C(=O)O)C1CCN(C(=O)c2ccccc2)CC1. The smallest absolute Gasteiger partial charge is 0.311 e. The van der Waals surface area contributed by atoms with Crippen LogP contribution in [0.15, 0.2) is 60.7 Å². The van der Waals surface area contributed by atoms with Gasteiger partial charge in [0.2, 0.25) is 0 Å². The molecule has 10 nitrogen and oxygen atoms in total. The Morgan fingerprint density at radius 2 is 1.09 bits per heavy atom. The van der Waals surface area contributed by atoms with E-state index in [1.165, 1.54) is 7.11 Å². The third-order valence-corrected chi connectivity index (χ3v) is 8.43. The first kappa shape index (κ1) is 34.7. The molecule has 2 aromatic rings. The van der Waals surface area contributed by atoms with Gasteiger partial charge in [-0.15, -0.1) is 0 Å². The minimum absolute atomic E-state index is 0.0210. The van der Waals surface area contributed by atoms with Crippen molar-refractivity contribution in [1.82, 2.24) is 9.80 Å². The number of piperidine rings is 2. The maximum absolute atomic E-state index is 12.4. The zero-order valence-electron chi connectivity index (χ0n) is 26.1. The van der Waals surface area contributed by atoms with Crippen molar-refractivity contribution in [3.63, 3.8) is 0 Å². The van der Waals surface area contributed by atoms with Crippen LogP contribution in [0.2, 0.25) is 0 Å². The number of hydrogen-bond donors (Lipinski definition) is 1. The van der Waals surface area contributed by atoms with Crippen LogP contribution in [0.3, 0.4) is 0 Å². The fourth-order valence-electron chi connectivity index (χ4n) is 5.95. The van der Waals surface area contributed by atoms with Gasteiger partial charge in [-0.05, 0) is 68.7 Å². The topological polar surface area (TPSA) is 123 Å². The number of nitrogens with zero attached hydrogens (tertiary/aromatic N) is 2. The van der Waals surface area contributed by atoms with E-state index in [1.54, 1.807) is 24.1 Å². The molecule has 0 saturated carbocycles. The van der Waals surface area contributed by atoms with Crippen LogP contribution in [-0.4, -0.2) is 98.9 Å². The second kappa shape index (κ2) is 18.1. The lowest BCUT2D eigenvalue weighted by molar-refractivity contribution is -0.153. The molecular formula is C34H46N2O8. The number of ether oxygens (including phenoxy) is 3. The molecule has 2 amide bonds. The van der Waals surface area contributed by atoms with Crippen molar-refractivity contribution in [1.29, 1.82) is 0 Å². The second-order valence-corrected chi connectivity index (χ2v) is 11.2. The van der Waals surface area contributed by atoms with Crippen molar-refractivity contribution in [2.45, 2.75) is 32.6 Å². The third-order valence-electron chi connectivity index (χ3n) is 8.43. The number of carboxylic acid groups (broad SMARTS) is 1. The highest BCUT2D eigenvalue weighted by Crippen LogP contribution is 2.28. The molecule has 2 aromatic carbocycles. The average molecular weight is 611 g/mol. The largest absolute Gasteiger partial charge is 0.481 e. The summed E-state index contributed by atoms with van der Waals surface area (Å²) in [5.74, 6) is -1.38. The number of likely N-dealkylation sites (tertiary alicyclic amines) is 2. The van der Waals surface area contributed by atoms with Gasteiger partial charge in [0, 0.05) is 51.5 Å². The number of aliphatic carboxylic acids is 1. The Kier molecular flexibility index (Phi) is 14.3. The summed E-state index contributed by atoms with van der Waals surface area (Å²) in [7, 11) is 3.12. The summed E-state index contributed by atoms with van der Waals surface area (Å²) < 4.78 is 15.3. The molecule has 0 aromatic heterocycles. The van der Waals surface area contributed by atoms with E-state index in [9.17, 15) is 24.3 Å². The van der Waals surface area contributed by atoms with Crippen LogP contribution in [0.25, 0.3) is 0 Å². The molecule has 240 valence electrons. The number of rotatable bonds is 11. The molecule has 2 fully saturated rings. The van der Waals surface area contributed by atoms with Crippen molar-refractivity contribution in [3.05, 3.63) is 71.8 Å². The maximum Gasteiger partial charge on any atom is 0.311 e. The molecule has 0 spiro atoms. The molecule has 4 rings (SSSR count).